The van der Waals surface area contributed by atoms with Crippen LogP contribution in [-0.2, 0) is 33.4 Å². The van der Waals surface area contributed by atoms with E-state index in [2.05, 4.69) is 31.1 Å². The molecule has 4 N–H and O–H groups in total. The molecule has 0 saturated heterocycles. The van der Waals surface area contributed by atoms with Gasteiger partial charge in [-0.25, -0.2) is 19.2 Å². The Bertz CT molecular complexity index is 1530. The molecule has 0 heterocycles. The third-order valence-electron chi connectivity index (χ3n) is 15.8. The van der Waals surface area contributed by atoms with E-state index in [-0.39, 0.29) is 77.1 Å². The Kier molecular flexibility index (Phi) is 20.1. The molecular formula is C49H75LiO11. The van der Waals surface area contributed by atoms with Crippen molar-refractivity contribution >= 4 is 23.9 Å². The number of hydrogen-bond donors (Lipinski definition) is 3. The maximum atomic E-state index is 12.2. The molecule has 8 atom stereocenters. The van der Waals surface area contributed by atoms with E-state index in [1.165, 1.54) is 64.9 Å². The molecule has 8 rings (SSSR count). The summed E-state index contributed by atoms with van der Waals surface area (Å²) in [6.45, 7) is 17.0. The molecule has 8 saturated carbocycles. The monoisotopic (exact) mass is 847 g/mol. The first kappa shape index (κ1) is 52.7. The molecule has 0 aromatic heterocycles. The van der Waals surface area contributed by atoms with Crippen LogP contribution in [-0.4, -0.2) is 78.2 Å². The first-order valence-electron chi connectivity index (χ1n) is 22.9. The zero-order valence-electron chi connectivity index (χ0n) is 37.6. The topological polar surface area (TPSA) is 187 Å². The van der Waals surface area contributed by atoms with Crippen molar-refractivity contribution in [1.82, 2.24) is 0 Å². The summed E-state index contributed by atoms with van der Waals surface area (Å²) in [6.07, 6.45) is 26.3. The van der Waals surface area contributed by atoms with E-state index in [1.807, 2.05) is 0 Å². The normalized spacial score (nSPS) is 31.5. The molecule has 0 aromatic carbocycles. The number of aliphatic hydroxyl groups is 2. The molecule has 0 aliphatic heterocycles. The van der Waals surface area contributed by atoms with Crippen molar-refractivity contribution in [2.75, 3.05) is 33.5 Å². The van der Waals surface area contributed by atoms with E-state index in [9.17, 15) is 19.2 Å². The van der Waals surface area contributed by atoms with Gasteiger partial charge in [-0.3, -0.25) is 0 Å². The first-order chi connectivity index (χ1) is 28.3. The van der Waals surface area contributed by atoms with Crippen LogP contribution in [0.4, 0.5) is 0 Å². The van der Waals surface area contributed by atoms with Gasteiger partial charge in [0, 0.05) is 57.2 Å². The van der Waals surface area contributed by atoms with E-state index in [0.29, 0.717) is 53.3 Å². The Labute approximate surface area is 377 Å². The number of carboxylic acid groups (broad SMARTS) is 1. The van der Waals surface area contributed by atoms with Crippen molar-refractivity contribution in [2.45, 2.75) is 154 Å². The minimum Gasteiger partial charge on any atom is -0.870 e. The molecule has 8 aliphatic rings. The minimum absolute atomic E-state index is 0. The SMILES string of the molecule is C=C(C(=O)O)C12CCCC1C2.C=C(C(=O)OC)C12CCCC1C2.C=C(C(=O)OCCCCCCOC(=O)C(=C)C12CCCC1C2)C12CCCC1C2.OCCCCCCO.[Li+].[OH-]. The average molecular weight is 847 g/mol. The standard InChI is InChI=1S/C24H34O4.C10H14O2.C9H12O2.C6H14O2.Li.H2O/c1-17(23-11-7-9-19(23)15-23)21(25)27-13-5-3-4-6-14-28-22(26)18(2)24-12-8-10-20(24)16-24;1-7(9(11)12-2)10-5-3-4-8(10)6-10;1-6(8(10)11)9-4-2-3-7(9)5-9;7-5-3-1-2-4-6-8;;/h19-20H,1-16H2;8H,1,3-6H2,2H3;7H,1-5H2,(H,10,11);7-8H,1-6H2;;1H2/q;;;;+1;/p-1. The van der Waals surface area contributed by atoms with Gasteiger partial charge in [0.05, 0.1) is 20.3 Å². The molecule has 0 aromatic rings. The van der Waals surface area contributed by atoms with Crippen LogP contribution in [0.1, 0.15) is 154 Å². The predicted molar refractivity (Wildman–Crippen MR) is 229 cm³/mol. The number of carboxylic acids is 1. The number of carbonyl (C=O) groups is 4. The fraction of sp³-hybridized carbons (Fsp3) is 0.755. The van der Waals surface area contributed by atoms with Crippen LogP contribution in [0.2, 0.25) is 0 Å². The molecule has 61 heavy (non-hydrogen) atoms. The van der Waals surface area contributed by atoms with Gasteiger partial charge < -0.3 is 35.0 Å². The molecule has 0 bridgehead atoms. The molecule has 8 fully saturated rings. The van der Waals surface area contributed by atoms with Crippen molar-refractivity contribution < 1.29 is 73.0 Å². The number of esters is 3. The third kappa shape index (κ3) is 12.3. The largest absolute Gasteiger partial charge is 1.00 e. The van der Waals surface area contributed by atoms with Gasteiger partial charge in [0.2, 0.25) is 0 Å². The fourth-order valence-corrected chi connectivity index (χ4v) is 11.6. The van der Waals surface area contributed by atoms with E-state index >= 15 is 0 Å². The maximum absolute atomic E-state index is 12.2. The van der Waals surface area contributed by atoms with Crippen molar-refractivity contribution in [3.05, 3.63) is 48.6 Å². The Morgan fingerprint density at radius 3 is 1.05 bits per heavy atom. The van der Waals surface area contributed by atoms with Gasteiger partial charge in [-0.1, -0.05) is 64.8 Å². The molecule has 8 unspecified atom stereocenters. The van der Waals surface area contributed by atoms with Crippen molar-refractivity contribution in [3.63, 3.8) is 0 Å². The van der Waals surface area contributed by atoms with Crippen LogP contribution < -0.4 is 18.9 Å². The summed E-state index contributed by atoms with van der Waals surface area (Å²) in [4.78, 5) is 46.2. The Hall–Kier alpha value is -2.68. The van der Waals surface area contributed by atoms with Crippen LogP contribution in [0.3, 0.4) is 0 Å². The summed E-state index contributed by atoms with van der Waals surface area (Å²) in [5.74, 6) is 1.38. The molecular weight excluding hydrogens is 771 g/mol. The third-order valence-corrected chi connectivity index (χ3v) is 15.8. The average Bonchev–Trinajstić information content (AvgIpc) is 4.23. The molecule has 11 nitrogen and oxygen atoms in total. The van der Waals surface area contributed by atoms with Gasteiger partial charge in [0.1, 0.15) is 0 Å². The predicted octanol–water partition coefficient (Wildman–Crippen LogP) is 6.21. The fourth-order valence-electron chi connectivity index (χ4n) is 11.6. The summed E-state index contributed by atoms with van der Waals surface area (Å²) in [5, 5.41) is 25.3. The first-order valence-corrected chi connectivity index (χ1v) is 22.9. The Morgan fingerprint density at radius 1 is 0.508 bits per heavy atom. The van der Waals surface area contributed by atoms with E-state index < -0.39 is 5.97 Å². The summed E-state index contributed by atoms with van der Waals surface area (Å²) in [5.41, 5.74) is 3.02. The van der Waals surface area contributed by atoms with E-state index in [1.54, 1.807) is 0 Å². The quantitative estimate of drug-likeness (QED) is 0.0416. The number of aliphatic hydroxyl groups excluding tert-OH is 2. The van der Waals surface area contributed by atoms with Crippen LogP contribution in [0, 0.1) is 45.3 Å². The number of ether oxygens (including phenoxy) is 3. The second kappa shape index (κ2) is 23.3. The summed E-state index contributed by atoms with van der Waals surface area (Å²) in [6, 6.07) is 0. The van der Waals surface area contributed by atoms with Gasteiger partial charge in [0.15, 0.2) is 0 Å². The van der Waals surface area contributed by atoms with Crippen LogP contribution >= 0.6 is 0 Å². The van der Waals surface area contributed by atoms with Crippen LogP contribution in [0.15, 0.2) is 48.6 Å². The molecule has 338 valence electrons. The van der Waals surface area contributed by atoms with Gasteiger partial charge in [-0.2, -0.15) is 0 Å². The smallest absolute Gasteiger partial charge is 0.870 e. The van der Waals surface area contributed by atoms with E-state index in [4.69, 9.17) is 24.8 Å². The maximum Gasteiger partial charge on any atom is 1.00 e. The summed E-state index contributed by atoms with van der Waals surface area (Å²) < 4.78 is 15.5. The van der Waals surface area contributed by atoms with Crippen LogP contribution in [0.5, 0.6) is 0 Å². The molecule has 0 amide bonds. The second-order valence-corrected chi connectivity index (χ2v) is 19.1. The zero-order valence-corrected chi connectivity index (χ0v) is 37.6. The van der Waals surface area contributed by atoms with Gasteiger partial charge in [-0.05, 0) is 139 Å². The number of carbonyl (C=O) groups excluding carboxylic acids is 3. The summed E-state index contributed by atoms with van der Waals surface area (Å²) in [7, 11) is 1.43. The van der Waals surface area contributed by atoms with Gasteiger partial charge in [-0.15, -0.1) is 0 Å². The Morgan fingerprint density at radius 2 is 0.803 bits per heavy atom. The van der Waals surface area contributed by atoms with E-state index in [0.717, 1.165) is 102 Å². The minimum atomic E-state index is -0.797. The van der Waals surface area contributed by atoms with Crippen molar-refractivity contribution in [1.29, 1.82) is 0 Å². The molecule has 12 heteroatoms. The second-order valence-electron chi connectivity index (χ2n) is 19.1. The number of hydrogen-bond acceptors (Lipinski definition) is 10. The Balaban J connectivity index is 0.000000248. The van der Waals surface area contributed by atoms with Gasteiger partial charge in [0.25, 0.3) is 0 Å². The molecule has 8 aliphatic carbocycles. The van der Waals surface area contributed by atoms with Crippen molar-refractivity contribution in [2.24, 2.45) is 45.3 Å². The number of rotatable bonds is 20. The summed E-state index contributed by atoms with van der Waals surface area (Å²) >= 11 is 0. The van der Waals surface area contributed by atoms with Gasteiger partial charge >= 0.3 is 42.7 Å². The molecule has 0 spiro atoms. The molecule has 0 radical (unpaired) electrons. The number of fused-ring (bicyclic) bond motifs is 4. The number of aliphatic carboxylic acids is 1. The zero-order chi connectivity index (χ0) is 42.8. The number of unbranched alkanes of at least 4 members (excludes halogenated alkanes) is 6. The number of methoxy groups -OCH3 is 1. The van der Waals surface area contributed by atoms with Crippen LogP contribution in [0.25, 0.3) is 0 Å². The van der Waals surface area contributed by atoms with Crippen molar-refractivity contribution in [3.8, 4) is 0 Å².